The van der Waals surface area contributed by atoms with Gasteiger partial charge >= 0.3 is 17.9 Å². The van der Waals surface area contributed by atoms with Crippen molar-refractivity contribution in [1.82, 2.24) is 0 Å². The summed E-state index contributed by atoms with van der Waals surface area (Å²) in [5, 5.41) is 0. The Labute approximate surface area is 111 Å². The minimum atomic E-state index is -1.12. The Morgan fingerprint density at radius 1 is 0.842 bits per heavy atom. The van der Waals surface area contributed by atoms with E-state index in [1.807, 2.05) is 0 Å². The van der Waals surface area contributed by atoms with Crippen LogP contribution in [0.4, 0.5) is 0 Å². The first kappa shape index (κ1) is 17.1. The van der Waals surface area contributed by atoms with Crippen molar-refractivity contribution >= 4 is 17.9 Å². The first-order valence-electron chi connectivity index (χ1n) is 5.64. The average molecular weight is 274 g/mol. The van der Waals surface area contributed by atoms with Gasteiger partial charge in [0.25, 0.3) is 0 Å². The van der Waals surface area contributed by atoms with E-state index in [1.165, 1.54) is 14.0 Å². The minimum Gasteiger partial charge on any atom is -0.459 e. The molecule has 0 spiro atoms. The number of carbonyl (C=O) groups excluding carboxylic acids is 3. The second-order valence-electron chi connectivity index (χ2n) is 3.53. The van der Waals surface area contributed by atoms with Crippen molar-refractivity contribution in [2.75, 3.05) is 33.5 Å². The molecule has 0 N–H and O–H groups in total. The maximum atomic E-state index is 11.1. The SMILES string of the molecule is C=C(C)C(=O)OCCOC(=O)C(=O)OCCCOC. The summed E-state index contributed by atoms with van der Waals surface area (Å²) in [7, 11) is 1.52. The van der Waals surface area contributed by atoms with E-state index < -0.39 is 17.9 Å². The molecule has 0 rings (SSSR count). The lowest BCUT2D eigenvalue weighted by Gasteiger charge is -2.06. The number of rotatable bonds is 8. The molecular weight excluding hydrogens is 256 g/mol. The van der Waals surface area contributed by atoms with Crippen molar-refractivity contribution in [3.8, 4) is 0 Å². The summed E-state index contributed by atoms with van der Waals surface area (Å²) < 4.78 is 18.6. The fraction of sp³-hybridized carbons (Fsp3) is 0.583. The fourth-order valence-corrected chi connectivity index (χ4v) is 0.878. The predicted molar refractivity (Wildman–Crippen MR) is 64.2 cm³/mol. The highest BCUT2D eigenvalue weighted by atomic mass is 16.6. The van der Waals surface area contributed by atoms with Crippen LogP contribution in [0.25, 0.3) is 0 Å². The summed E-state index contributed by atoms with van der Waals surface area (Å²) in [5.41, 5.74) is 0.240. The molecule has 0 fully saturated rings. The molecule has 7 nitrogen and oxygen atoms in total. The van der Waals surface area contributed by atoms with Crippen LogP contribution >= 0.6 is 0 Å². The van der Waals surface area contributed by atoms with Gasteiger partial charge in [0.2, 0.25) is 0 Å². The number of ether oxygens (including phenoxy) is 4. The van der Waals surface area contributed by atoms with E-state index in [0.29, 0.717) is 13.0 Å². The molecule has 19 heavy (non-hydrogen) atoms. The normalized spacial score (nSPS) is 9.58. The van der Waals surface area contributed by atoms with Crippen molar-refractivity contribution < 1.29 is 33.3 Å². The third kappa shape index (κ3) is 8.78. The van der Waals surface area contributed by atoms with Crippen LogP contribution in [0.2, 0.25) is 0 Å². The van der Waals surface area contributed by atoms with E-state index in [-0.39, 0.29) is 25.4 Å². The van der Waals surface area contributed by atoms with Gasteiger partial charge in [-0.3, -0.25) is 0 Å². The van der Waals surface area contributed by atoms with Crippen molar-refractivity contribution in [2.45, 2.75) is 13.3 Å². The van der Waals surface area contributed by atoms with Crippen LogP contribution in [0.15, 0.2) is 12.2 Å². The minimum absolute atomic E-state index is 0.0758. The van der Waals surface area contributed by atoms with Crippen molar-refractivity contribution in [3.63, 3.8) is 0 Å². The molecule has 0 heterocycles. The zero-order valence-corrected chi connectivity index (χ0v) is 11.1. The summed E-state index contributed by atoms with van der Waals surface area (Å²) in [6.45, 7) is 5.01. The van der Waals surface area contributed by atoms with Crippen LogP contribution in [-0.2, 0) is 33.3 Å². The van der Waals surface area contributed by atoms with E-state index in [2.05, 4.69) is 20.8 Å². The van der Waals surface area contributed by atoms with Crippen molar-refractivity contribution in [2.24, 2.45) is 0 Å². The molecule has 0 unspecified atom stereocenters. The molecule has 7 heteroatoms. The second-order valence-corrected chi connectivity index (χ2v) is 3.53. The average Bonchev–Trinajstić information content (AvgIpc) is 2.38. The lowest BCUT2D eigenvalue weighted by Crippen LogP contribution is -2.23. The first-order chi connectivity index (χ1) is 8.99. The summed E-state index contributed by atoms with van der Waals surface area (Å²) in [6.07, 6.45) is 0.492. The number of esters is 3. The molecule has 0 aromatic carbocycles. The molecule has 0 saturated carbocycles. The lowest BCUT2D eigenvalue weighted by atomic mass is 10.4. The Hall–Kier alpha value is -1.89. The molecule has 0 saturated heterocycles. The van der Waals surface area contributed by atoms with Gasteiger partial charge in [-0.25, -0.2) is 14.4 Å². The molecule has 0 aliphatic carbocycles. The van der Waals surface area contributed by atoms with Gasteiger partial charge in [-0.05, 0) is 6.92 Å². The molecule has 0 aliphatic heterocycles. The summed E-state index contributed by atoms with van der Waals surface area (Å²) in [6, 6.07) is 0. The van der Waals surface area contributed by atoms with Gasteiger partial charge in [0.1, 0.15) is 13.2 Å². The molecule has 0 aliphatic rings. The molecule has 108 valence electrons. The van der Waals surface area contributed by atoms with Crippen LogP contribution in [0.5, 0.6) is 0 Å². The highest BCUT2D eigenvalue weighted by Crippen LogP contribution is 1.93. The Kier molecular flexibility index (Phi) is 9.07. The van der Waals surface area contributed by atoms with Gasteiger partial charge in [-0.15, -0.1) is 0 Å². The number of methoxy groups -OCH3 is 1. The first-order valence-corrected chi connectivity index (χ1v) is 5.64. The van der Waals surface area contributed by atoms with Gasteiger partial charge < -0.3 is 18.9 Å². The van der Waals surface area contributed by atoms with Gasteiger partial charge in [0, 0.05) is 25.7 Å². The predicted octanol–water partition coefficient (Wildman–Crippen LogP) is 0.229. The van der Waals surface area contributed by atoms with Crippen LogP contribution in [-0.4, -0.2) is 51.4 Å². The quantitative estimate of drug-likeness (QED) is 0.206. The molecule has 0 amide bonds. The Morgan fingerprint density at radius 3 is 1.79 bits per heavy atom. The molecule has 0 radical (unpaired) electrons. The lowest BCUT2D eigenvalue weighted by molar-refractivity contribution is -0.169. The number of carbonyl (C=O) groups is 3. The third-order valence-electron chi connectivity index (χ3n) is 1.79. The van der Waals surface area contributed by atoms with Crippen molar-refractivity contribution in [1.29, 1.82) is 0 Å². The Morgan fingerprint density at radius 2 is 1.32 bits per heavy atom. The number of hydrogen-bond donors (Lipinski definition) is 0. The Balaban J connectivity index is 3.65. The van der Waals surface area contributed by atoms with Gasteiger partial charge in [-0.1, -0.05) is 6.58 Å². The highest BCUT2D eigenvalue weighted by molar-refractivity contribution is 6.29. The number of hydrogen-bond acceptors (Lipinski definition) is 7. The summed E-state index contributed by atoms with van der Waals surface area (Å²) >= 11 is 0. The highest BCUT2D eigenvalue weighted by Gasteiger charge is 2.17. The molecular formula is C12H18O7. The molecule has 0 bridgehead atoms. The molecule has 0 atom stereocenters. The van der Waals surface area contributed by atoms with E-state index in [4.69, 9.17) is 4.74 Å². The van der Waals surface area contributed by atoms with Gasteiger partial charge in [0.15, 0.2) is 0 Å². The molecule has 0 aromatic rings. The maximum absolute atomic E-state index is 11.1. The van der Waals surface area contributed by atoms with Crippen LogP contribution in [0, 0.1) is 0 Å². The van der Waals surface area contributed by atoms with Crippen LogP contribution in [0.3, 0.4) is 0 Å². The fourth-order valence-electron chi connectivity index (χ4n) is 0.878. The second kappa shape index (κ2) is 10.1. The topological polar surface area (TPSA) is 88.1 Å². The maximum Gasteiger partial charge on any atom is 0.417 e. The summed E-state index contributed by atoms with van der Waals surface area (Å²) in [5.74, 6) is -2.79. The molecule has 0 aromatic heterocycles. The van der Waals surface area contributed by atoms with Gasteiger partial charge in [-0.2, -0.15) is 0 Å². The van der Waals surface area contributed by atoms with Crippen LogP contribution in [0.1, 0.15) is 13.3 Å². The Bertz CT molecular complexity index is 335. The summed E-state index contributed by atoms with van der Waals surface area (Å²) in [4.78, 5) is 33.1. The van der Waals surface area contributed by atoms with Gasteiger partial charge in [0.05, 0.1) is 6.61 Å². The van der Waals surface area contributed by atoms with E-state index in [1.54, 1.807) is 0 Å². The monoisotopic (exact) mass is 274 g/mol. The largest absolute Gasteiger partial charge is 0.459 e. The van der Waals surface area contributed by atoms with E-state index in [0.717, 1.165) is 0 Å². The zero-order chi connectivity index (χ0) is 14.7. The van der Waals surface area contributed by atoms with E-state index in [9.17, 15) is 14.4 Å². The van der Waals surface area contributed by atoms with E-state index >= 15 is 0 Å². The standard InChI is InChI=1S/C12H18O7/c1-9(2)10(13)18-7-8-19-12(15)11(14)17-6-4-5-16-3/h1,4-8H2,2-3H3. The zero-order valence-electron chi connectivity index (χ0n) is 11.1. The van der Waals surface area contributed by atoms with Crippen LogP contribution < -0.4 is 0 Å². The van der Waals surface area contributed by atoms with Crippen molar-refractivity contribution in [3.05, 3.63) is 12.2 Å². The smallest absolute Gasteiger partial charge is 0.417 e. The third-order valence-corrected chi connectivity index (χ3v) is 1.79.